The second-order valence-corrected chi connectivity index (χ2v) is 10.1. The maximum atomic E-state index is 6.11. The van der Waals surface area contributed by atoms with Gasteiger partial charge in [0.15, 0.2) is 9.76 Å². The van der Waals surface area contributed by atoms with Gasteiger partial charge < -0.3 is 4.53 Å². The maximum Gasteiger partial charge on any atom is 0.196 e. The molecule has 0 aliphatic heterocycles. The molecule has 0 unspecified atom stereocenters. The molecule has 2 nitrogen and oxygen atoms in total. The average molecular weight is 231 g/mol. The van der Waals surface area contributed by atoms with Gasteiger partial charge in [-0.1, -0.05) is 20.8 Å². The molecular formula is C12H29NOSi. The minimum Gasteiger partial charge on any atom is -0.349 e. The second kappa shape index (κ2) is 4.56. The first-order valence-electron chi connectivity index (χ1n) is 5.77. The highest BCUT2D eigenvalue weighted by Crippen LogP contribution is 2.28. The van der Waals surface area contributed by atoms with Crippen molar-refractivity contribution in [1.29, 1.82) is 0 Å². The molecule has 0 radical (unpaired) electrons. The Balaban J connectivity index is 4.56. The predicted octanol–water partition coefficient (Wildman–Crippen LogP) is 3.12. The van der Waals surface area contributed by atoms with Crippen LogP contribution in [0.15, 0.2) is 0 Å². The molecule has 0 N–H and O–H groups in total. The zero-order valence-electron chi connectivity index (χ0n) is 12.1. The molecule has 92 valence electrons. The Kier molecular flexibility index (Phi) is 4.60. The van der Waals surface area contributed by atoms with Crippen molar-refractivity contribution in [3.63, 3.8) is 0 Å². The van der Waals surface area contributed by atoms with Crippen molar-refractivity contribution in [1.82, 2.24) is 5.06 Å². The first-order chi connectivity index (χ1) is 6.34. The van der Waals surface area contributed by atoms with Crippen LogP contribution in [0.5, 0.6) is 0 Å². The number of hydroxylamine groups is 2. The van der Waals surface area contributed by atoms with Crippen LogP contribution in [0.25, 0.3) is 0 Å². The van der Waals surface area contributed by atoms with Crippen molar-refractivity contribution in [2.24, 2.45) is 0 Å². The van der Waals surface area contributed by atoms with Crippen LogP contribution >= 0.6 is 0 Å². The Hall–Kier alpha value is 0.137. The van der Waals surface area contributed by atoms with E-state index >= 15 is 0 Å². The fourth-order valence-electron chi connectivity index (χ4n) is 1.65. The molecule has 0 amide bonds. The van der Waals surface area contributed by atoms with Gasteiger partial charge in [-0.25, -0.2) is 0 Å². The van der Waals surface area contributed by atoms with E-state index in [1.165, 1.54) is 0 Å². The van der Waals surface area contributed by atoms with Crippen LogP contribution in [0.4, 0.5) is 0 Å². The van der Waals surface area contributed by atoms with Gasteiger partial charge in [-0.15, -0.1) is 0 Å². The maximum absolute atomic E-state index is 6.11. The van der Waals surface area contributed by atoms with E-state index in [9.17, 15) is 0 Å². The zero-order chi connectivity index (χ0) is 12.5. The third kappa shape index (κ3) is 6.33. The molecule has 0 aliphatic carbocycles. The molecule has 0 fully saturated rings. The molecule has 0 aliphatic rings. The number of rotatable bonds is 2. The summed E-state index contributed by atoms with van der Waals surface area (Å²) in [5.41, 5.74) is 0.132. The number of nitrogens with zero attached hydrogens (tertiary/aromatic N) is 1. The van der Waals surface area contributed by atoms with Crippen LogP contribution in [0, 0.1) is 0 Å². The Morgan fingerprint density at radius 2 is 1.07 bits per heavy atom. The topological polar surface area (TPSA) is 12.5 Å². The first-order valence-corrected chi connectivity index (χ1v) is 7.06. The van der Waals surface area contributed by atoms with Crippen LogP contribution in [-0.4, -0.2) is 25.9 Å². The molecule has 0 bridgehead atoms. The normalized spacial score (nSPS) is 15.6. The summed E-state index contributed by atoms with van der Waals surface area (Å²) in [5.74, 6) is 0. The minimum atomic E-state index is -0.531. The van der Waals surface area contributed by atoms with Gasteiger partial charge in [-0.3, -0.25) is 0 Å². The summed E-state index contributed by atoms with van der Waals surface area (Å²) in [6, 6.07) is 0. The summed E-state index contributed by atoms with van der Waals surface area (Å²) >= 11 is 0. The molecule has 0 atom stereocenters. The quantitative estimate of drug-likeness (QED) is 0.535. The summed E-state index contributed by atoms with van der Waals surface area (Å²) in [5, 5.41) is 2.51. The van der Waals surface area contributed by atoms with Crippen molar-refractivity contribution in [3.8, 4) is 0 Å². The monoisotopic (exact) mass is 231 g/mol. The second-order valence-electron chi connectivity index (χ2n) is 7.47. The fraction of sp³-hybridized carbons (Fsp3) is 1.00. The fourth-order valence-corrected chi connectivity index (χ4v) is 2.94. The minimum absolute atomic E-state index is 0.0660. The van der Waals surface area contributed by atoms with Crippen molar-refractivity contribution in [2.75, 3.05) is 0 Å². The van der Waals surface area contributed by atoms with Gasteiger partial charge in [0.25, 0.3) is 0 Å². The van der Waals surface area contributed by atoms with Crippen molar-refractivity contribution in [3.05, 3.63) is 0 Å². The highest BCUT2D eigenvalue weighted by molar-refractivity contribution is 6.31. The average Bonchev–Trinajstić information content (AvgIpc) is 1.75. The standard InChI is InChI=1S/C12H29NOSi/c1-10(2,3)13(11(4,5)6)14-15-12(7,8)9/h15H2,1-9H3. The molecule has 0 saturated carbocycles. The third-order valence-electron chi connectivity index (χ3n) is 1.85. The molecule has 0 rings (SSSR count). The highest BCUT2D eigenvalue weighted by atomic mass is 28.2. The first kappa shape index (κ1) is 15.1. The Labute approximate surface area is 98.3 Å². The molecule has 0 aromatic carbocycles. The van der Waals surface area contributed by atoms with Crippen LogP contribution in [0.3, 0.4) is 0 Å². The molecule has 0 heterocycles. The Morgan fingerprint density at radius 1 is 0.733 bits per heavy atom. The molecule has 0 spiro atoms. The Bertz CT molecular complexity index is 181. The number of hydrogen-bond donors (Lipinski definition) is 0. The SMILES string of the molecule is CC(C)(C)[SiH2]ON(C(C)(C)C)C(C)(C)C. The van der Waals surface area contributed by atoms with Gasteiger partial charge in [0.2, 0.25) is 0 Å². The molecule has 0 saturated heterocycles. The summed E-state index contributed by atoms with van der Waals surface area (Å²) in [4.78, 5) is 0. The van der Waals surface area contributed by atoms with Gasteiger partial charge in [0.05, 0.1) is 0 Å². The molecular weight excluding hydrogens is 202 g/mol. The van der Waals surface area contributed by atoms with Gasteiger partial charge >= 0.3 is 0 Å². The van der Waals surface area contributed by atoms with Gasteiger partial charge in [-0.2, -0.15) is 5.06 Å². The summed E-state index contributed by atoms with van der Waals surface area (Å²) in [6.07, 6.45) is 0. The molecule has 0 aromatic rings. The van der Waals surface area contributed by atoms with Crippen LogP contribution in [-0.2, 0) is 4.53 Å². The lowest BCUT2D eigenvalue weighted by molar-refractivity contribution is -0.187. The summed E-state index contributed by atoms with van der Waals surface area (Å²) in [7, 11) is -0.531. The Morgan fingerprint density at radius 3 is 1.27 bits per heavy atom. The zero-order valence-corrected chi connectivity index (χ0v) is 13.5. The smallest absolute Gasteiger partial charge is 0.196 e. The summed E-state index contributed by atoms with van der Waals surface area (Å²) < 4.78 is 6.11. The van der Waals surface area contributed by atoms with Crippen LogP contribution in [0.1, 0.15) is 62.3 Å². The van der Waals surface area contributed by atoms with Crippen molar-refractivity contribution in [2.45, 2.75) is 78.4 Å². The van der Waals surface area contributed by atoms with Crippen molar-refractivity contribution >= 4 is 9.76 Å². The largest absolute Gasteiger partial charge is 0.349 e. The highest BCUT2D eigenvalue weighted by Gasteiger charge is 2.33. The molecule has 0 aromatic heterocycles. The van der Waals surface area contributed by atoms with E-state index in [1.54, 1.807) is 0 Å². The third-order valence-corrected chi connectivity index (χ3v) is 3.10. The lowest BCUT2D eigenvalue weighted by atomic mass is 10.0. The van der Waals surface area contributed by atoms with E-state index in [1.807, 2.05) is 0 Å². The van der Waals surface area contributed by atoms with Gasteiger partial charge in [0, 0.05) is 11.1 Å². The van der Waals surface area contributed by atoms with E-state index in [0.29, 0.717) is 5.04 Å². The molecule has 3 heteroatoms. The van der Waals surface area contributed by atoms with E-state index in [-0.39, 0.29) is 11.1 Å². The van der Waals surface area contributed by atoms with Gasteiger partial charge in [-0.05, 0) is 46.6 Å². The van der Waals surface area contributed by atoms with Crippen LogP contribution < -0.4 is 0 Å². The van der Waals surface area contributed by atoms with Gasteiger partial charge in [0.1, 0.15) is 0 Å². The molecule has 15 heavy (non-hydrogen) atoms. The summed E-state index contributed by atoms with van der Waals surface area (Å²) in [6.45, 7) is 20.0. The van der Waals surface area contributed by atoms with E-state index < -0.39 is 9.76 Å². The lowest BCUT2D eigenvalue weighted by Gasteiger charge is -2.45. The van der Waals surface area contributed by atoms with E-state index in [4.69, 9.17) is 4.53 Å². The predicted molar refractivity (Wildman–Crippen MR) is 70.7 cm³/mol. The van der Waals surface area contributed by atoms with E-state index in [0.717, 1.165) is 0 Å². The number of hydrogen-bond acceptors (Lipinski definition) is 2. The van der Waals surface area contributed by atoms with Crippen LogP contribution in [0.2, 0.25) is 5.04 Å². The van der Waals surface area contributed by atoms with E-state index in [2.05, 4.69) is 67.4 Å². The lowest BCUT2D eigenvalue weighted by Crippen LogP contribution is -2.53. The van der Waals surface area contributed by atoms with Crippen molar-refractivity contribution < 1.29 is 4.53 Å².